The minimum atomic E-state index is -0.878. The maximum atomic E-state index is 5.03. The summed E-state index contributed by atoms with van der Waals surface area (Å²) >= 11 is 0. The van der Waals surface area contributed by atoms with Crippen molar-refractivity contribution in [2.45, 2.75) is 33.4 Å². The van der Waals surface area contributed by atoms with Crippen molar-refractivity contribution >= 4 is 52.7 Å². The molecule has 0 unspecified atom stereocenters. The number of aryl methyl sites for hydroxylation is 2. The van der Waals surface area contributed by atoms with Gasteiger partial charge in [-0.05, 0) is 99.2 Å². The summed E-state index contributed by atoms with van der Waals surface area (Å²) in [5.41, 5.74) is 9.68. The molecule has 0 spiro atoms. The summed E-state index contributed by atoms with van der Waals surface area (Å²) in [4.78, 5) is 0. The fourth-order valence-electron chi connectivity index (χ4n) is 6.56. The maximum absolute atomic E-state index is 5.03. The monoisotopic (exact) mass is 618 g/mol. The quantitative estimate of drug-likeness (QED) is 0.0859. The second kappa shape index (κ2) is 13.2. The molecule has 3 heteroatoms. The Hall–Kier alpha value is -4.33. The van der Waals surface area contributed by atoms with Crippen molar-refractivity contribution in [2.24, 2.45) is 0 Å². The topological polar surface area (TPSA) is 0 Å². The van der Waals surface area contributed by atoms with E-state index in [1.807, 2.05) is 0 Å². The minimum Gasteiger partial charge on any atom is -0.358 e. The molecule has 46 heavy (non-hydrogen) atoms. The standard InChI is InChI=1S/C43H43N2P/c1-33(2)46(42-29-27-34(3)31-40(42)44(5,36-19-11-7-12-20-36)37-21-13-8-14-22-37)43-30-28-35(4)32-41(43)45(6,38-23-15-9-16-24-38)39-25-17-10-18-26-39/h7-33H,5-6H2,1-4H3. The number of hydrogen-bond acceptors (Lipinski definition) is 0. The van der Waals surface area contributed by atoms with Gasteiger partial charge in [-0.2, -0.15) is 0 Å². The molecule has 0 saturated carbocycles. The van der Waals surface area contributed by atoms with E-state index in [9.17, 15) is 0 Å². The third kappa shape index (κ3) is 5.74. The zero-order valence-electron chi connectivity index (χ0n) is 27.3. The Morgan fingerprint density at radius 1 is 0.435 bits per heavy atom. The van der Waals surface area contributed by atoms with Crippen molar-refractivity contribution in [2.75, 3.05) is 0 Å². The zero-order chi connectivity index (χ0) is 32.3. The molecule has 0 heterocycles. The molecule has 0 radical (unpaired) electrons. The van der Waals surface area contributed by atoms with E-state index in [1.165, 1.54) is 33.1 Å². The first-order chi connectivity index (χ1) is 22.2. The first-order valence-corrected chi connectivity index (χ1v) is 17.4. The molecule has 0 aromatic heterocycles. The highest BCUT2D eigenvalue weighted by Crippen LogP contribution is 2.53. The molecular weight excluding hydrogens is 575 g/mol. The van der Waals surface area contributed by atoms with E-state index in [0.717, 1.165) is 22.7 Å². The molecule has 0 saturated heterocycles. The largest absolute Gasteiger partial charge is 0.358 e. The van der Waals surface area contributed by atoms with Crippen LogP contribution in [0.25, 0.3) is 0 Å². The number of nitrogens with zero attached hydrogens (tertiary/aromatic N) is 2. The van der Waals surface area contributed by atoms with Gasteiger partial charge in [0.05, 0.1) is 0 Å². The molecular formula is C43H43N2P. The summed E-state index contributed by atoms with van der Waals surface area (Å²) in [6.07, 6.45) is 0. The van der Waals surface area contributed by atoms with Crippen LogP contribution in [0.2, 0.25) is 0 Å². The lowest BCUT2D eigenvalue weighted by Gasteiger charge is -2.45. The second-order valence-corrected chi connectivity index (χ2v) is 15.1. The number of rotatable bonds is 9. The van der Waals surface area contributed by atoms with Gasteiger partial charge in [0, 0.05) is 22.7 Å². The van der Waals surface area contributed by atoms with E-state index < -0.39 is 7.92 Å². The molecule has 0 amide bonds. The summed E-state index contributed by atoms with van der Waals surface area (Å²) in [6.45, 7) is 9.10. The zero-order valence-corrected chi connectivity index (χ0v) is 28.2. The lowest BCUT2D eigenvalue weighted by Crippen LogP contribution is -2.39. The molecule has 0 fully saturated rings. The number of benzene rings is 6. The summed E-state index contributed by atoms with van der Waals surface area (Å²) in [7, 11) is 9.18. The fourth-order valence-corrected chi connectivity index (χ4v) is 9.36. The van der Waals surface area contributed by atoms with Crippen LogP contribution in [-0.2, 0) is 0 Å². The first kappa shape index (κ1) is 31.6. The Labute approximate surface area is 277 Å². The summed E-state index contributed by atoms with van der Waals surface area (Å²) in [5.74, 6) is 0. The van der Waals surface area contributed by atoms with E-state index in [0.29, 0.717) is 14.6 Å². The van der Waals surface area contributed by atoms with Gasteiger partial charge in [0.15, 0.2) is 0 Å². The van der Waals surface area contributed by atoms with Crippen LogP contribution in [0.15, 0.2) is 158 Å². The average molecular weight is 619 g/mol. The van der Waals surface area contributed by atoms with Gasteiger partial charge in [-0.25, -0.2) is 0 Å². The van der Waals surface area contributed by atoms with Crippen LogP contribution < -0.4 is 19.6 Å². The Morgan fingerprint density at radius 3 is 0.978 bits per heavy atom. The molecule has 0 atom stereocenters. The molecule has 2 nitrogen and oxygen atoms in total. The Morgan fingerprint density at radius 2 is 0.717 bits per heavy atom. The molecule has 0 aliphatic rings. The number of quaternary nitrogens is 2. The van der Waals surface area contributed by atoms with E-state index in [2.05, 4.69) is 185 Å². The SMILES string of the molecule is [CH2-][N+](c1ccccc1)(c1ccccc1)c1cc(C)ccc1P(c1ccc(C)cc1[N+]([CH2-])(c1ccccc1)c1ccccc1)C(C)C. The van der Waals surface area contributed by atoms with E-state index >= 15 is 0 Å². The lowest BCUT2D eigenvalue weighted by molar-refractivity contribution is 0.684. The van der Waals surface area contributed by atoms with E-state index in [1.54, 1.807) is 0 Å². The second-order valence-electron chi connectivity index (χ2n) is 12.4. The summed E-state index contributed by atoms with van der Waals surface area (Å²) < 4.78 is 0.653. The van der Waals surface area contributed by atoms with Gasteiger partial charge in [0.25, 0.3) is 0 Å². The molecule has 6 aromatic rings. The van der Waals surface area contributed by atoms with Crippen LogP contribution >= 0.6 is 7.92 Å². The van der Waals surface area contributed by atoms with Crippen molar-refractivity contribution in [3.8, 4) is 0 Å². The van der Waals surface area contributed by atoms with Gasteiger partial charge >= 0.3 is 0 Å². The highest BCUT2D eigenvalue weighted by atomic mass is 31.1. The molecule has 6 aromatic carbocycles. The van der Waals surface area contributed by atoms with Gasteiger partial charge in [0.2, 0.25) is 0 Å². The summed E-state index contributed by atoms with van der Waals surface area (Å²) in [6, 6.07) is 56.8. The number of para-hydroxylation sites is 4. The molecule has 0 bridgehead atoms. The minimum absolute atomic E-state index is 0.327. The third-order valence-electron chi connectivity index (χ3n) is 8.91. The maximum Gasteiger partial charge on any atom is 0.124 e. The van der Waals surface area contributed by atoms with Crippen LogP contribution in [0.1, 0.15) is 25.0 Å². The molecule has 6 rings (SSSR count). The Bertz CT molecular complexity index is 1680. The van der Waals surface area contributed by atoms with Crippen molar-refractivity contribution in [1.82, 2.24) is 8.97 Å². The van der Waals surface area contributed by atoms with Crippen molar-refractivity contribution in [3.63, 3.8) is 0 Å². The first-order valence-electron chi connectivity index (χ1n) is 16.0. The predicted molar refractivity (Wildman–Crippen MR) is 202 cm³/mol. The molecule has 0 aliphatic carbocycles. The van der Waals surface area contributed by atoms with Crippen molar-refractivity contribution in [3.05, 3.63) is 183 Å². The Balaban J connectivity index is 1.67. The molecule has 230 valence electrons. The van der Waals surface area contributed by atoms with Crippen LogP contribution in [0.4, 0.5) is 34.1 Å². The molecule has 0 N–H and O–H groups in total. The van der Waals surface area contributed by atoms with Gasteiger partial charge in [-0.3, -0.25) is 0 Å². The van der Waals surface area contributed by atoms with Gasteiger partial charge in [-0.1, -0.05) is 98.8 Å². The van der Waals surface area contributed by atoms with Gasteiger partial charge in [0.1, 0.15) is 34.1 Å². The van der Waals surface area contributed by atoms with Crippen molar-refractivity contribution in [1.29, 1.82) is 0 Å². The van der Waals surface area contributed by atoms with E-state index in [4.69, 9.17) is 14.1 Å². The normalized spacial score (nSPS) is 12.1. The third-order valence-corrected chi connectivity index (χ3v) is 11.7. The van der Waals surface area contributed by atoms with Gasteiger partial charge < -0.3 is 8.97 Å². The van der Waals surface area contributed by atoms with Crippen LogP contribution in [0.5, 0.6) is 0 Å². The van der Waals surface area contributed by atoms with Crippen LogP contribution in [0.3, 0.4) is 0 Å². The molecule has 0 aliphatic heterocycles. The summed E-state index contributed by atoms with van der Waals surface area (Å²) in [5, 5.41) is 2.66. The fraction of sp³-hybridized carbons (Fsp3) is 0.116. The Kier molecular flexibility index (Phi) is 9.07. The number of hydrogen-bond donors (Lipinski definition) is 0. The van der Waals surface area contributed by atoms with E-state index in [-0.39, 0.29) is 0 Å². The van der Waals surface area contributed by atoms with Gasteiger partial charge in [-0.15, -0.1) is 14.1 Å². The van der Waals surface area contributed by atoms with Crippen molar-refractivity contribution < 1.29 is 0 Å². The highest BCUT2D eigenvalue weighted by molar-refractivity contribution is 7.74. The highest BCUT2D eigenvalue weighted by Gasteiger charge is 2.36. The van der Waals surface area contributed by atoms with Crippen LogP contribution in [-0.4, -0.2) is 5.66 Å². The average Bonchev–Trinajstić information content (AvgIpc) is 3.10. The van der Waals surface area contributed by atoms with Crippen LogP contribution in [0, 0.1) is 27.9 Å². The predicted octanol–water partition coefficient (Wildman–Crippen LogP) is 11.7. The lowest BCUT2D eigenvalue weighted by atomic mass is 10.1. The smallest absolute Gasteiger partial charge is 0.124 e.